The maximum atomic E-state index is 12.4. The number of carbonyl (C=O) groups excluding carboxylic acids is 1. The molecule has 0 aromatic heterocycles. The quantitative estimate of drug-likeness (QED) is 0.436. The van der Waals surface area contributed by atoms with Crippen molar-refractivity contribution in [3.05, 3.63) is 21.9 Å². The van der Waals surface area contributed by atoms with Crippen LogP contribution in [0.3, 0.4) is 0 Å². The van der Waals surface area contributed by atoms with Gasteiger partial charge in [-0.2, -0.15) is 0 Å². The fourth-order valence-corrected chi connectivity index (χ4v) is 4.62. The lowest BCUT2D eigenvalue weighted by Crippen LogP contribution is -2.37. The molecule has 4 atom stereocenters. The number of ether oxygens (including phenoxy) is 2. The van der Waals surface area contributed by atoms with E-state index in [-0.39, 0.29) is 34.4 Å². The highest BCUT2D eigenvalue weighted by Crippen LogP contribution is 2.64. The summed E-state index contributed by atoms with van der Waals surface area (Å²) in [7, 11) is 1.43. The van der Waals surface area contributed by atoms with Crippen molar-refractivity contribution in [2.75, 3.05) is 7.11 Å². The third-order valence-corrected chi connectivity index (χ3v) is 5.68. The first-order valence-corrected chi connectivity index (χ1v) is 8.60. The van der Waals surface area contributed by atoms with Gasteiger partial charge in [0.05, 0.1) is 31.2 Å². The fourth-order valence-electron chi connectivity index (χ4n) is 4.62. The van der Waals surface area contributed by atoms with E-state index in [1.807, 2.05) is 0 Å². The summed E-state index contributed by atoms with van der Waals surface area (Å²) in [6.07, 6.45) is 4.93. The van der Waals surface area contributed by atoms with Gasteiger partial charge in [-0.25, -0.2) is 0 Å². The Bertz CT molecular complexity index is 595. The smallest absolute Gasteiger partial charge is 0.309 e. The Balaban J connectivity index is 2.36. The summed E-state index contributed by atoms with van der Waals surface area (Å²) in [5, 5.41) is 13.1. The zero-order chi connectivity index (χ0) is 18.2. The molecule has 1 fully saturated rings. The summed E-state index contributed by atoms with van der Waals surface area (Å²) < 4.78 is 11.4. The molecule has 0 radical (unpaired) electrons. The van der Waals surface area contributed by atoms with E-state index in [1.54, 1.807) is 0 Å². The molecule has 2 aliphatic carbocycles. The molecular formula is C19H29NO4. The van der Waals surface area contributed by atoms with E-state index in [0.717, 1.165) is 6.42 Å². The van der Waals surface area contributed by atoms with Gasteiger partial charge >= 0.3 is 5.97 Å². The van der Waals surface area contributed by atoms with Crippen LogP contribution in [0.2, 0.25) is 0 Å². The first kappa shape index (κ1) is 18.8. The van der Waals surface area contributed by atoms with E-state index in [1.165, 1.54) is 12.7 Å². The van der Waals surface area contributed by atoms with Crippen LogP contribution in [0.5, 0.6) is 0 Å². The average Bonchev–Trinajstić information content (AvgIpc) is 2.91. The van der Waals surface area contributed by atoms with Crippen LogP contribution in [0.15, 0.2) is 11.6 Å². The lowest BCUT2D eigenvalue weighted by atomic mass is 9.72. The average molecular weight is 335 g/mol. The van der Waals surface area contributed by atoms with Gasteiger partial charge in [0.15, 0.2) is 0 Å². The van der Waals surface area contributed by atoms with Crippen LogP contribution in [0.1, 0.15) is 60.3 Å². The summed E-state index contributed by atoms with van der Waals surface area (Å²) in [6, 6.07) is 2.48. The van der Waals surface area contributed by atoms with Gasteiger partial charge in [0.25, 0.3) is 6.07 Å². The predicted molar refractivity (Wildman–Crippen MR) is 93.5 cm³/mol. The minimum absolute atomic E-state index is 0.0543. The predicted octanol–water partition coefficient (Wildman–Crippen LogP) is 4.32. The van der Waals surface area contributed by atoms with Crippen LogP contribution in [0, 0.1) is 28.0 Å². The maximum Gasteiger partial charge on any atom is 0.309 e. The minimum Gasteiger partial charge on any atom is -0.498 e. The summed E-state index contributed by atoms with van der Waals surface area (Å²) >= 11 is 0. The van der Waals surface area contributed by atoms with Gasteiger partial charge in [0.2, 0.25) is 0 Å². The van der Waals surface area contributed by atoms with Gasteiger partial charge in [-0.1, -0.05) is 25.5 Å². The number of hydrogen-bond donors (Lipinski definition) is 0. The Labute approximate surface area is 144 Å². The molecule has 2 aliphatic rings. The molecule has 0 saturated heterocycles. The molecule has 0 aromatic carbocycles. The van der Waals surface area contributed by atoms with Crippen LogP contribution in [-0.4, -0.2) is 24.8 Å². The second-order valence-corrected chi connectivity index (χ2v) is 8.44. The van der Waals surface area contributed by atoms with Gasteiger partial charge in [0.1, 0.15) is 0 Å². The number of hydrogen-bond acceptors (Lipinski definition) is 4. The molecule has 2 rings (SSSR count). The Hall–Kier alpha value is -1.54. The molecule has 24 heavy (non-hydrogen) atoms. The van der Waals surface area contributed by atoms with E-state index in [2.05, 4.69) is 51.8 Å². The Morgan fingerprint density at radius 2 is 2.12 bits per heavy atom. The molecular weight excluding hydrogens is 306 g/mol. The highest BCUT2D eigenvalue weighted by molar-refractivity contribution is 5.75. The minimum atomic E-state index is -0.352. The third kappa shape index (κ3) is 3.17. The summed E-state index contributed by atoms with van der Waals surface area (Å²) in [5.41, 5.74) is 0.484. The first-order chi connectivity index (χ1) is 11.1. The number of fused-ring (bicyclic) bond motifs is 1. The van der Waals surface area contributed by atoms with Crippen molar-refractivity contribution in [2.24, 2.45) is 16.7 Å². The van der Waals surface area contributed by atoms with E-state index >= 15 is 0 Å². The molecule has 0 unspecified atom stereocenters. The van der Waals surface area contributed by atoms with Crippen LogP contribution in [0.25, 0.3) is 5.01 Å². The second kappa shape index (κ2) is 6.40. The van der Waals surface area contributed by atoms with Crippen molar-refractivity contribution in [2.45, 2.75) is 72.0 Å². The van der Waals surface area contributed by atoms with Crippen LogP contribution in [-0.2, 0) is 14.3 Å². The van der Waals surface area contributed by atoms with E-state index in [9.17, 15) is 10.0 Å². The van der Waals surface area contributed by atoms with Gasteiger partial charge in [-0.3, -0.25) is 4.79 Å². The standard InChI is InChI=1S/C19H29NO4/c1-17(2,3)24-15-9-8-14-18(4,10-7-11-20-22)13(16(21)23-6)12-19(14,15)5/h8,13,15H,7,9-10,12H2,1-6H3/t13-,15+,18+,19+/m1/s1. The molecule has 0 N–H and O–H groups in total. The highest BCUT2D eigenvalue weighted by Gasteiger charge is 2.61. The van der Waals surface area contributed by atoms with Gasteiger partial charge < -0.3 is 14.7 Å². The number of carbonyl (C=O) groups is 1. The zero-order valence-corrected chi connectivity index (χ0v) is 15.6. The topological polar surface area (TPSA) is 63.0 Å². The summed E-state index contributed by atoms with van der Waals surface area (Å²) in [5.74, 6) is -0.429. The van der Waals surface area contributed by atoms with Crippen molar-refractivity contribution in [3.63, 3.8) is 0 Å². The number of methoxy groups -OCH3 is 1. The third-order valence-electron chi connectivity index (χ3n) is 5.68. The van der Waals surface area contributed by atoms with E-state index in [4.69, 9.17) is 9.47 Å². The Kier molecular flexibility index (Phi) is 5.01. The summed E-state index contributed by atoms with van der Waals surface area (Å²) in [4.78, 5) is 12.4. The normalized spacial score (nSPS) is 35.0. The van der Waals surface area contributed by atoms with E-state index < -0.39 is 0 Å². The molecule has 5 heteroatoms. The second-order valence-electron chi connectivity index (χ2n) is 8.44. The maximum absolute atomic E-state index is 12.4. The molecule has 0 aliphatic heterocycles. The number of esters is 1. The molecule has 134 valence electrons. The van der Waals surface area contributed by atoms with Gasteiger partial charge in [0, 0.05) is 15.8 Å². The monoisotopic (exact) mass is 335 g/mol. The lowest BCUT2D eigenvalue weighted by molar-refractivity contribution is -0.149. The first-order valence-electron chi connectivity index (χ1n) is 8.60. The molecule has 5 nitrogen and oxygen atoms in total. The molecule has 0 heterocycles. The van der Waals surface area contributed by atoms with Crippen molar-refractivity contribution in [1.82, 2.24) is 0 Å². The molecule has 0 aromatic rings. The number of nitrogens with zero attached hydrogens (tertiary/aromatic N) is 1. The molecule has 0 bridgehead atoms. The van der Waals surface area contributed by atoms with Crippen molar-refractivity contribution < 1.29 is 14.3 Å². The van der Waals surface area contributed by atoms with Crippen LogP contribution in [0.4, 0.5) is 0 Å². The SMILES string of the molecule is COC(=O)[C@H]1C[C@@]2(C)C(=CC[C@@H]2OC(C)(C)C)[C@@]1(C)CCC#[N+][O-]. The van der Waals surface area contributed by atoms with Crippen LogP contribution >= 0.6 is 0 Å². The molecule has 1 saturated carbocycles. The Morgan fingerprint density at radius 3 is 2.67 bits per heavy atom. The lowest BCUT2D eigenvalue weighted by Gasteiger charge is -2.37. The fraction of sp³-hybridized carbons (Fsp3) is 0.789. The van der Waals surface area contributed by atoms with Gasteiger partial charge in [-0.05, 0) is 40.0 Å². The van der Waals surface area contributed by atoms with E-state index in [0.29, 0.717) is 19.3 Å². The largest absolute Gasteiger partial charge is 0.498 e. The highest BCUT2D eigenvalue weighted by atomic mass is 16.5. The molecule has 0 spiro atoms. The summed E-state index contributed by atoms with van der Waals surface area (Å²) in [6.45, 7) is 10.5. The Morgan fingerprint density at radius 1 is 1.46 bits per heavy atom. The van der Waals surface area contributed by atoms with Crippen LogP contribution < -0.4 is 0 Å². The van der Waals surface area contributed by atoms with Crippen molar-refractivity contribution in [1.29, 1.82) is 0 Å². The van der Waals surface area contributed by atoms with Gasteiger partial charge in [-0.15, -0.1) is 0 Å². The number of rotatable bonds is 4. The molecule has 0 amide bonds. The van der Waals surface area contributed by atoms with Crippen molar-refractivity contribution >= 4 is 5.97 Å². The van der Waals surface area contributed by atoms with Crippen molar-refractivity contribution in [3.8, 4) is 6.07 Å². The zero-order valence-electron chi connectivity index (χ0n) is 15.6.